The van der Waals surface area contributed by atoms with Crippen molar-refractivity contribution in [2.24, 2.45) is 0 Å². The minimum absolute atomic E-state index is 0.0736. The third-order valence-corrected chi connectivity index (χ3v) is 1.93. The van der Waals surface area contributed by atoms with Crippen LogP contribution in [0.4, 0.5) is 0 Å². The number of halogens is 1. The van der Waals surface area contributed by atoms with Crippen LogP contribution in [0.5, 0.6) is 0 Å². The lowest BCUT2D eigenvalue weighted by atomic mass is 10.3. The fourth-order valence-corrected chi connectivity index (χ4v) is 1.35. The topological polar surface area (TPSA) is 22.0 Å². The molecule has 1 heterocycles. The van der Waals surface area contributed by atoms with Gasteiger partial charge in [0, 0.05) is 23.6 Å². The lowest BCUT2D eigenvalue weighted by Crippen LogP contribution is -2.21. The maximum absolute atomic E-state index is 11.2. The molecular weight excluding hydrogens is 206 g/mol. The van der Waals surface area contributed by atoms with Crippen LogP contribution in [0, 0.1) is 6.92 Å². The minimum Gasteiger partial charge on any atom is -0.312 e. The zero-order valence-electron chi connectivity index (χ0n) is 6.38. The Labute approximate surface area is 74.0 Å². The maximum atomic E-state index is 11.2. The van der Waals surface area contributed by atoms with E-state index in [1.165, 1.54) is 0 Å². The summed E-state index contributed by atoms with van der Waals surface area (Å²) in [7, 11) is 0. The summed E-state index contributed by atoms with van der Waals surface area (Å²) in [4.78, 5) is 11.2. The molecule has 0 unspecified atom stereocenters. The van der Waals surface area contributed by atoms with Crippen molar-refractivity contribution in [3.8, 4) is 0 Å². The van der Waals surface area contributed by atoms with E-state index < -0.39 is 0 Å². The minimum atomic E-state index is 0.0736. The molecule has 60 valence electrons. The molecule has 1 aromatic heterocycles. The van der Waals surface area contributed by atoms with Crippen LogP contribution in [-0.4, -0.2) is 9.90 Å². The van der Waals surface area contributed by atoms with Crippen LogP contribution < -0.4 is 5.56 Å². The lowest BCUT2D eigenvalue weighted by molar-refractivity contribution is 0.711. The van der Waals surface area contributed by atoms with Crippen LogP contribution in [0.1, 0.15) is 5.69 Å². The second kappa shape index (κ2) is 3.72. The third-order valence-electron chi connectivity index (χ3n) is 1.58. The van der Waals surface area contributed by atoms with Gasteiger partial charge in [-0.1, -0.05) is 22.0 Å². The van der Waals surface area contributed by atoms with Gasteiger partial charge in [-0.25, -0.2) is 0 Å². The van der Waals surface area contributed by atoms with Gasteiger partial charge in [-0.2, -0.15) is 0 Å². The molecule has 2 nitrogen and oxygen atoms in total. The Morgan fingerprint density at radius 2 is 2.27 bits per heavy atom. The van der Waals surface area contributed by atoms with E-state index >= 15 is 0 Å². The van der Waals surface area contributed by atoms with Crippen molar-refractivity contribution >= 4 is 15.9 Å². The van der Waals surface area contributed by atoms with Gasteiger partial charge in [-0.15, -0.1) is 0 Å². The number of aromatic nitrogens is 1. The van der Waals surface area contributed by atoms with Crippen molar-refractivity contribution in [2.75, 3.05) is 5.33 Å². The first-order chi connectivity index (χ1) is 5.25. The quantitative estimate of drug-likeness (QED) is 0.687. The Morgan fingerprint density at radius 1 is 1.55 bits per heavy atom. The molecule has 0 aliphatic heterocycles. The predicted molar refractivity (Wildman–Crippen MR) is 49.2 cm³/mol. The first-order valence-electron chi connectivity index (χ1n) is 3.48. The molecule has 0 saturated heterocycles. The van der Waals surface area contributed by atoms with E-state index in [0.717, 1.165) is 17.6 Å². The van der Waals surface area contributed by atoms with Crippen molar-refractivity contribution in [3.63, 3.8) is 0 Å². The van der Waals surface area contributed by atoms with Crippen molar-refractivity contribution in [1.82, 2.24) is 4.57 Å². The van der Waals surface area contributed by atoms with E-state index in [9.17, 15) is 4.79 Å². The highest BCUT2D eigenvalue weighted by Crippen LogP contribution is 1.94. The normalized spacial score (nSPS) is 10.0. The van der Waals surface area contributed by atoms with Crippen LogP contribution >= 0.6 is 15.9 Å². The van der Waals surface area contributed by atoms with Gasteiger partial charge in [-0.3, -0.25) is 4.79 Å². The molecule has 11 heavy (non-hydrogen) atoms. The van der Waals surface area contributed by atoms with Crippen molar-refractivity contribution in [1.29, 1.82) is 0 Å². The van der Waals surface area contributed by atoms with Crippen molar-refractivity contribution < 1.29 is 0 Å². The van der Waals surface area contributed by atoms with E-state index in [1.54, 1.807) is 16.7 Å². The number of hydrogen-bond acceptors (Lipinski definition) is 1. The monoisotopic (exact) mass is 215 g/mol. The molecule has 0 aliphatic carbocycles. The molecule has 0 radical (unpaired) electrons. The van der Waals surface area contributed by atoms with Crippen LogP contribution in [0.15, 0.2) is 23.0 Å². The third kappa shape index (κ3) is 1.93. The summed E-state index contributed by atoms with van der Waals surface area (Å²) >= 11 is 3.29. The molecule has 1 rings (SSSR count). The first kappa shape index (κ1) is 8.53. The van der Waals surface area contributed by atoms with E-state index in [4.69, 9.17) is 0 Å². The first-order valence-corrected chi connectivity index (χ1v) is 4.60. The second-order valence-electron chi connectivity index (χ2n) is 2.35. The van der Waals surface area contributed by atoms with E-state index in [2.05, 4.69) is 15.9 Å². The highest BCUT2D eigenvalue weighted by atomic mass is 79.9. The average Bonchev–Trinajstić information content (AvgIpc) is 1.97. The largest absolute Gasteiger partial charge is 0.312 e. The summed E-state index contributed by atoms with van der Waals surface area (Å²) < 4.78 is 1.74. The van der Waals surface area contributed by atoms with Crippen LogP contribution in [-0.2, 0) is 6.54 Å². The molecule has 0 aliphatic rings. The zero-order chi connectivity index (χ0) is 8.27. The Hall–Kier alpha value is -0.570. The van der Waals surface area contributed by atoms with Gasteiger partial charge in [0.25, 0.3) is 5.56 Å². The number of aryl methyl sites for hydroxylation is 1. The maximum Gasteiger partial charge on any atom is 0.250 e. The fourth-order valence-electron chi connectivity index (χ4n) is 0.995. The van der Waals surface area contributed by atoms with Crippen molar-refractivity contribution in [2.45, 2.75) is 13.5 Å². The molecule has 3 heteroatoms. The standard InChI is InChI=1S/C8H10BrNO/c1-7-3-2-4-8(11)10(7)6-5-9/h2-4H,5-6H2,1H3. The summed E-state index contributed by atoms with van der Waals surface area (Å²) in [6, 6.07) is 5.29. The van der Waals surface area contributed by atoms with E-state index in [0.29, 0.717) is 0 Å². The molecule has 0 aromatic carbocycles. The summed E-state index contributed by atoms with van der Waals surface area (Å²) in [6.45, 7) is 2.68. The van der Waals surface area contributed by atoms with Crippen LogP contribution in [0.3, 0.4) is 0 Å². The van der Waals surface area contributed by atoms with Gasteiger partial charge < -0.3 is 4.57 Å². The van der Waals surface area contributed by atoms with Gasteiger partial charge in [0.15, 0.2) is 0 Å². The fraction of sp³-hybridized carbons (Fsp3) is 0.375. The SMILES string of the molecule is Cc1cccc(=O)n1CCBr. The summed E-state index contributed by atoms with van der Waals surface area (Å²) in [5.41, 5.74) is 1.08. The summed E-state index contributed by atoms with van der Waals surface area (Å²) in [5, 5.41) is 0.817. The van der Waals surface area contributed by atoms with Gasteiger partial charge in [-0.05, 0) is 13.0 Å². The molecular formula is C8H10BrNO. The van der Waals surface area contributed by atoms with E-state index in [-0.39, 0.29) is 5.56 Å². The Balaban J connectivity index is 3.10. The van der Waals surface area contributed by atoms with Crippen LogP contribution in [0.25, 0.3) is 0 Å². The Morgan fingerprint density at radius 3 is 2.82 bits per heavy atom. The highest BCUT2D eigenvalue weighted by Gasteiger charge is 1.95. The smallest absolute Gasteiger partial charge is 0.250 e. The molecule has 0 spiro atoms. The van der Waals surface area contributed by atoms with Crippen molar-refractivity contribution in [3.05, 3.63) is 34.2 Å². The molecule has 0 saturated carbocycles. The average molecular weight is 216 g/mol. The number of nitrogens with zero attached hydrogens (tertiary/aromatic N) is 1. The Bertz CT molecular complexity index is 292. The van der Waals surface area contributed by atoms with Gasteiger partial charge >= 0.3 is 0 Å². The van der Waals surface area contributed by atoms with Gasteiger partial charge in [0.1, 0.15) is 0 Å². The second-order valence-corrected chi connectivity index (χ2v) is 3.14. The molecule has 0 amide bonds. The zero-order valence-corrected chi connectivity index (χ0v) is 7.97. The highest BCUT2D eigenvalue weighted by molar-refractivity contribution is 9.09. The Kier molecular flexibility index (Phi) is 2.88. The number of rotatable bonds is 2. The van der Waals surface area contributed by atoms with Gasteiger partial charge in [0.2, 0.25) is 0 Å². The summed E-state index contributed by atoms with van der Waals surface area (Å²) in [6.07, 6.45) is 0. The molecule has 0 bridgehead atoms. The summed E-state index contributed by atoms with van der Waals surface area (Å²) in [5.74, 6) is 0. The van der Waals surface area contributed by atoms with Gasteiger partial charge in [0.05, 0.1) is 0 Å². The predicted octanol–water partition coefficient (Wildman–Crippen LogP) is 1.55. The molecule has 0 atom stereocenters. The molecule has 1 aromatic rings. The lowest BCUT2D eigenvalue weighted by Gasteiger charge is -2.05. The molecule has 0 fully saturated rings. The van der Waals surface area contributed by atoms with Crippen LogP contribution in [0.2, 0.25) is 0 Å². The van der Waals surface area contributed by atoms with E-state index in [1.807, 2.05) is 13.0 Å². The molecule has 0 N–H and O–H groups in total. The number of alkyl halides is 1. The number of hydrogen-bond donors (Lipinski definition) is 0. The number of pyridine rings is 1.